The topological polar surface area (TPSA) is 246 Å². The van der Waals surface area contributed by atoms with Crippen molar-refractivity contribution in [2.75, 3.05) is 34.3 Å². The Bertz CT molecular complexity index is 2000. The molecule has 0 aromatic heterocycles. The number of ether oxygens (including phenoxy) is 6. The van der Waals surface area contributed by atoms with Crippen LogP contribution in [0.5, 0.6) is 0 Å². The summed E-state index contributed by atoms with van der Waals surface area (Å²) in [6.45, 7) is 19.6. The number of benzene rings is 2. The van der Waals surface area contributed by atoms with Crippen molar-refractivity contribution in [3.63, 3.8) is 0 Å². The minimum atomic E-state index is -1.96. The van der Waals surface area contributed by atoms with Crippen LogP contribution < -0.4 is 5.32 Å². The van der Waals surface area contributed by atoms with E-state index in [4.69, 9.17) is 38.3 Å². The molecule has 7 N–H and O–H groups in total. The van der Waals surface area contributed by atoms with E-state index < -0.39 is 96.0 Å². The predicted octanol–water partition coefficient (Wildman–Crippen LogP) is 4.39. The van der Waals surface area contributed by atoms with E-state index in [1.807, 2.05) is 87.1 Å². The highest BCUT2D eigenvalue weighted by Crippen LogP contribution is 2.40. The summed E-state index contributed by atoms with van der Waals surface area (Å²) in [6.07, 6.45) is -9.18. The van der Waals surface area contributed by atoms with E-state index in [1.165, 1.54) is 14.0 Å². The van der Waals surface area contributed by atoms with Gasteiger partial charge in [0.25, 0.3) is 6.47 Å². The molecule has 18 heteroatoms. The van der Waals surface area contributed by atoms with Gasteiger partial charge in [-0.05, 0) is 111 Å². The lowest BCUT2D eigenvalue weighted by molar-refractivity contribution is -0.318. The first-order chi connectivity index (χ1) is 33.2. The van der Waals surface area contributed by atoms with Crippen LogP contribution in [-0.2, 0) is 42.8 Å². The van der Waals surface area contributed by atoms with E-state index in [-0.39, 0.29) is 75.3 Å². The molecule has 2 aromatic rings. The molecule has 3 fully saturated rings. The second-order valence-corrected chi connectivity index (χ2v) is 21.4. The molecule has 1 amide bonds. The van der Waals surface area contributed by atoms with Crippen LogP contribution >= 0.6 is 0 Å². The Morgan fingerprint density at radius 1 is 0.958 bits per heavy atom. The minimum absolute atomic E-state index is 0.0616. The fourth-order valence-electron chi connectivity index (χ4n) is 11.2. The number of carbonyl (C=O) groups is 3. The fraction of sp³-hybridized carbons (Fsp3) is 0.755. The summed E-state index contributed by atoms with van der Waals surface area (Å²) in [4.78, 5) is 40.6. The number of fused-ring (bicyclic) bond motifs is 1. The number of aliphatic hydroxyl groups excluding tert-OH is 3. The highest BCUT2D eigenvalue weighted by molar-refractivity contribution is 5.87. The zero-order chi connectivity index (χ0) is 53.3. The standard InChI is InChI=1S/C52H85N3O13.CH2O2/c1-15-40-52(11,62)45(58)34(7)55(24-23-41(56)53-33(6)37-22-18-20-36-19-16-17-21-38(36)37)28-29(2)26-50(9,61)47(68-49-43(57)39(54(12)13)25-30(3)64-49)31(4)44(32(5)48(60)66-40)67-42-27-51(10,63-14)46(59)35(8)65-42;2-1-3/h16-22,29-35,39-40,42-47,49,57-59,61-62H,15,23-28H2,1-14H3,(H,53,56);1H,(H,2,3)/t29-,30-,31+,32-,33+,34-,35+,39+,40-,42+,43-,44+,45-,46+,47-,49+,50-,51-,52-;/m1./s1. The van der Waals surface area contributed by atoms with Crippen LogP contribution in [0.2, 0.25) is 0 Å². The van der Waals surface area contributed by atoms with Crippen molar-refractivity contribution in [3.05, 3.63) is 48.0 Å². The maximum atomic E-state index is 14.6. The molecule has 3 aliphatic heterocycles. The minimum Gasteiger partial charge on any atom is -0.483 e. The number of hydrogen-bond donors (Lipinski definition) is 7. The number of amides is 1. The molecule has 0 saturated carbocycles. The van der Waals surface area contributed by atoms with Gasteiger partial charge in [0.05, 0.1) is 47.6 Å². The van der Waals surface area contributed by atoms with Gasteiger partial charge in [0.15, 0.2) is 12.6 Å². The highest BCUT2D eigenvalue weighted by atomic mass is 16.7. The Balaban J connectivity index is 0.00000356. The van der Waals surface area contributed by atoms with E-state index in [2.05, 4.69) is 5.32 Å². The number of hydrogen-bond acceptors (Lipinski definition) is 16. The summed E-state index contributed by atoms with van der Waals surface area (Å²) in [5.41, 5.74) is -3.72. The maximum Gasteiger partial charge on any atom is 0.311 e. The molecule has 0 bridgehead atoms. The smallest absolute Gasteiger partial charge is 0.311 e. The average Bonchev–Trinajstić information content (AvgIpc) is 3.31. The first kappa shape index (κ1) is 60.2. The zero-order valence-electron chi connectivity index (χ0n) is 44.6. The van der Waals surface area contributed by atoms with Crippen molar-refractivity contribution < 1.29 is 73.4 Å². The summed E-state index contributed by atoms with van der Waals surface area (Å²) in [5.74, 6) is -3.17. The van der Waals surface area contributed by atoms with Crippen molar-refractivity contribution >= 4 is 29.1 Å². The Hall–Kier alpha value is -3.37. The van der Waals surface area contributed by atoms with Crippen LogP contribution in [0.4, 0.5) is 0 Å². The third-order valence-electron chi connectivity index (χ3n) is 15.3. The number of methoxy groups -OCH3 is 1. The number of nitrogens with zero attached hydrogens (tertiary/aromatic N) is 2. The van der Waals surface area contributed by atoms with Gasteiger partial charge in [-0.1, -0.05) is 63.2 Å². The molecule has 19 atom stereocenters. The number of carbonyl (C=O) groups excluding carboxylic acids is 2. The predicted molar refractivity (Wildman–Crippen MR) is 267 cm³/mol. The second-order valence-electron chi connectivity index (χ2n) is 21.4. The van der Waals surface area contributed by atoms with Crippen LogP contribution in [0.15, 0.2) is 42.5 Å². The number of rotatable bonds is 12. The van der Waals surface area contributed by atoms with E-state index in [1.54, 1.807) is 48.5 Å². The first-order valence-electron chi connectivity index (χ1n) is 25.3. The average molecular weight is 1010 g/mol. The van der Waals surface area contributed by atoms with Gasteiger partial charge in [-0.25, -0.2) is 0 Å². The van der Waals surface area contributed by atoms with Gasteiger partial charge < -0.3 is 69.3 Å². The SMILES string of the molecule is CC[C@H]1OC(=O)[C@H](C)[C@@H](O[C@H]2C[C@@](C)(OC)[C@@H](O)[C@H](C)O2)[C@H](C)[C@@H](O[C@@H]2O[C@H](C)C[C@H](N(C)C)[C@H]2O)[C@](C)(O)C[C@@H](C)CN(CCC(=O)N[C@@H](C)c2cccc3ccccc23)[C@H](C)[C@@H](O)[C@]1(C)O.O=CO. The van der Waals surface area contributed by atoms with Crippen molar-refractivity contribution in [2.45, 2.75) is 205 Å². The van der Waals surface area contributed by atoms with Gasteiger partial charge in [-0.2, -0.15) is 0 Å². The summed E-state index contributed by atoms with van der Waals surface area (Å²) in [7, 11) is 5.25. The number of esters is 1. The molecule has 3 aliphatic rings. The molecule has 404 valence electrons. The van der Waals surface area contributed by atoms with E-state index in [0.717, 1.165) is 16.3 Å². The summed E-state index contributed by atoms with van der Waals surface area (Å²) >= 11 is 0. The maximum absolute atomic E-state index is 14.6. The highest BCUT2D eigenvalue weighted by Gasteiger charge is 2.53. The van der Waals surface area contributed by atoms with Crippen LogP contribution in [0.3, 0.4) is 0 Å². The largest absolute Gasteiger partial charge is 0.483 e. The molecule has 3 saturated heterocycles. The van der Waals surface area contributed by atoms with Gasteiger partial charge in [-0.3, -0.25) is 19.3 Å². The zero-order valence-corrected chi connectivity index (χ0v) is 44.6. The van der Waals surface area contributed by atoms with Crippen molar-refractivity contribution in [1.29, 1.82) is 0 Å². The Morgan fingerprint density at radius 2 is 1.59 bits per heavy atom. The molecule has 0 spiro atoms. The van der Waals surface area contributed by atoms with Gasteiger partial charge >= 0.3 is 5.97 Å². The molecule has 0 aliphatic carbocycles. The molecule has 18 nitrogen and oxygen atoms in total. The molecular formula is C53H87N3O15. The number of cyclic esters (lactones) is 1. The van der Waals surface area contributed by atoms with Crippen LogP contribution in [0.25, 0.3) is 10.8 Å². The number of carboxylic acid groups (broad SMARTS) is 1. The number of nitrogens with one attached hydrogen (secondary N) is 1. The monoisotopic (exact) mass is 1010 g/mol. The fourth-order valence-corrected chi connectivity index (χ4v) is 11.2. The lowest BCUT2D eigenvalue weighted by Gasteiger charge is -2.48. The normalized spacial score (nSPS) is 39.5. The van der Waals surface area contributed by atoms with Crippen molar-refractivity contribution in [1.82, 2.24) is 15.1 Å². The van der Waals surface area contributed by atoms with Crippen LogP contribution in [0.1, 0.15) is 120 Å². The molecule has 71 heavy (non-hydrogen) atoms. The molecule has 5 rings (SSSR count). The summed E-state index contributed by atoms with van der Waals surface area (Å²) in [6, 6.07) is 12.6. The van der Waals surface area contributed by atoms with E-state index in [0.29, 0.717) is 6.42 Å². The van der Waals surface area contributed by atoms with E-state index in [9.17, 15) is 35.1 Å². The first-order valence-corrected chi connectivity index (χ1v) is 25.3. The third-order valence-corrected chi connectivity index (χ3v) is 15.3. The Morgan fingerprint density at radius 3 is 2.21 bits per heavy atom. The molecular weight excluding hydrogens is 919 g/mol. The number of likely N-dealkylation sites (N-methyl/N-ethyl adjacent to an activating group) is 1. The summed E-state index contributed by atoms with van der Waals surface area (Å²) < 4.78 is 38.1. The summed E-state index contributed by atoms with van der Waals surface area (Å²) in [5, 5.41) is 72.3. The van der Waals surface area contributed by atoms with Crippen molar-refractivity contribution in [2.24, 2.45) is 17.8 Å². The van der Waals surface area contributed by atoms with Gasteiger partial charge in [0.2, 0.25) is 5.91 Å². The van der Waals surface area contributed by atoms with Crippen molar-refractivity contribution in [3.8, 4) is 0 Å². The van der Waals surface area contributed by atoms with Gasteiger partial charge in [0.1, 0.15) is 30.0 Å². The lowest BCUT2D eigenvalue weighted by Crippen LogP contribution is -2.60. The molecule has 0 radical (unpaired) electrons. The quantitative estimate of drug-likeness (QED) is 0.115. The van der Waals surface area contributed by atoms with Gasteiger partial charge in [0, 0.05) is 51.0 Å². The second kappa shape index (κ2) is 25.7. The number of aliphatic hydroxyl groups is 5. The molecule has 0 unspecified atom stereocenters. The van der Waals surface area contributed by atoms with E-state index >= 15 is 0 Å². The lowest BCUT2D eigenvalue weighted by atomic mass is 9.77. The van der Waals surface area contributed by atoms with Crippen LogP contribution in [-0.4, -0.2) is 183 Å². The van der Waals surface area contributed by atoms with Gasteiger partial charge in [-0.15, -0.1) is 0 Å². The third kappa shape index (κ3) is 14.7. The van der Waals surface area contributed by atoms with Crippen LogP contribution in [0, 0.1) is 17.8 Å². The Kier molecular flexibility index (Phi) is 21.8. The Labute approximate surface area is 421 Å². The molecule has 3 heterocycles. The molecule has 2 aromatic carbocycles.